The fraction of sp³-hybridized carbons (Fsp3) is 0.125. The van der Waals surface area contributed by atoms with Crippen LogP contribution in [0.5, 0.6) is 0 Å². The number of halogens is 2. The first-order valence-electron chi connectivity index (χ1n) is 3.34. The molecule has 0 bridgehead atoms. The Bertz CT molecular complexity index is 300. The molecule has 0 aliphatic carbocycles. The van der Waals surface area contributed by atoms with Crippen molar-refractivity contribution in [2.45, 2.75) is 6.92 Å². The topological polar surface area (TPSA) is 38.4 Å². The van der Waals surface area contributed by atoms with Gasteiger partial charge in [0, 0.05) is 3.57 Å². The van der Waals surface area contributed by atoms with E-state index >= 15 is 0 Å². The Morgan fingerprint density at radius 1 is 1.58 bits per heavy atom. The number of rotatable bonds is 1. The van der Waals surface area contributed by atoms with E-state index in [1.54, 1.807) is 6.92 Å². The lowest BCUT2D eigenvalue weighted by molar-refractivity contribution is 0.617. The smallest absolute Gasteiger partial charge is 0.127 e. The number of hydrogen-bond acceptors (Lipinski definition) is 2. The van der Waals surface area contributed by atoms with E-state index < -0.39 is 0 Å². The highest BCUT2D eigenvalue weighted by Crippen LogP contribution is 2.16. The number of nitrogens with two attached hydrogens (primary N) is 1. The molecule has 0 saturated heterocycles. The summed E-state index contributed by atoms with van der Waals surface area (Å²) >= 11 is 2.07. The first-order chi connectivity index (χ1) is 5.65. The molecule has 0 fully saturated rings. The summed E-state index contributed by atoms with van der Waals surface area (Å²) in [7, 11) is 0. The van der Waals surface area contributed by atoms with Crippen molar-refractivity contribution < 1.29 is 4.39 Å². The van der Waals surface area contributed by atoms with Crippen LogP contribution in [0, 0.1) is 16.3 Å². The second-order valence-electron chi connectivity index (χ2n) is 2.39. The quantitative estimate of drug-likeness (QED) is 0.363. The van der Waals surface area contributed by atoms with Crippen LogP contribution >= 0.6 is 22.6 Å². The van der Waals surface area contributed by atoms with Gasteiger partial charge >= 0.3 is 0 Å². The second kappa shape index (κ2) is 3.84. The highest BCUT2D eigenvalue weighted by Gasteiger charge is 2.02. The minimum Gasteiger partial charge on any atom is -0.323 e. The Morgan fingerprint density at radius 2 is 2.25 bits per heavy atom. The van der Waals surface area contributed by atoms with Gasteiger partial charge < -0.3 is 5.84 Å². The van der Waals surface area contributed by atoms with Gasteiger partial charge in [-0.1, -0.05) is 0 Å². The summed E-state index contributed by atoms with van der Waals surface area (Å²) in [6.07, 6.45) is 1.42. The molecule has 4 heteroatoms. The van der Waals surface area contributed by atoms with Gasteiger partial charge in [0.2, 0.25) is 0 Å². The summed E-state index contributed by atoms with van der Waals surface area (Å²) in [6, 6.07) is 3.24. The molecule has 64 valence electrons. The van der Waals surface area contributed by atoms with Gasteiger partial charge in [0.1, 0.15) is 5.82 Å². The molecule has 12 heavy (non-hydrogen) atoms. The lowest BCUT2D eigenvalue weighted by Crippen LogP contribution is -1.93. The average Bonchev–Trinajstić information content (AvgIpc) is 2.01. The number of nitrogens with zero attached hydrogens (tertiary/aromatic N) is 1. The molecule has 1 rings (SSSR count). The van der Waals surface area contributed by atoms with Crippen LogP contribution in [0.4, 0.5) is 4.39 Å². The highest BCUT2D eigenvalue weighted by molar-refractivity contribution is 14.1. The lowest BCUT2D eigenvalue weighted by atomic mass is 10.1. The van der Waals surface area contributed by atoms with E-state index in [4.69, 9.17) is 5.84 Å². The Balaban J connectivity index is 3.21. The van der Waals surface area contributed by atoms with E-state index in [-0.39, 0.29) is 5.82 Å². The summed E-state index contributed by atoms with van der Waals surface area (Å²) in [4.78, 5) is 0. The van der Waals surface area contributed by atoms with Gasteiger partial charge in [-0.05, 0) is 52.8 Å². The van der Waals surface area contributed by atoms with Crippen LogP contribution < -0.4 is 5.84 Å². The largest absolute Gasteiger partial charge is 0.323 e. The summed E-state index contributed by atoms with van der Waals surface area (Å²) in [5.74, 6) is 4.72. The van der Waals surface area contributed by atoms with Crippen molar-refractivity contribution in [1.82, 2.24) is 0 Å². The molecule has 0 spiro atoms. The molecule has 0 heterocycles. The van der Waals surface area contributed by atoms with E-state index in [9.17, 15) is 4.39 Å². The van der Waals surface area contributed by atoms with Gasteiger partial charge in [-0.3, -0.25) is 0 Å². The van der Waals surface area contributed by atoms with Gasteiger partial charge in [-0.15, -0.1) is 0 Å². The molecule has 0 amide bonds. The van der Waals surface area contributed by atoms with Gasteiger partial charge in [-0.2, -0.15) is 5.10 Å². The molecule has 0 aromatic heterocycles. The van der Waals surface area contributed by atoms with Crippen LogP contribution in [-0.2, 0) is 0 Å². The summed E-state index contributed by atoms with van der Waals surface area (Å²) < 4.78 is 13.9. The SMILES string of the molecule is Cc1c(F)cc(C=NN)cc1I. The predicted octanol–water partition coefficient (Wildman–Crippen LogP) is 2.03. The highest BCUT2D eigenvalue weighted by atomic mass is 127. The minimum absolute atomic E-state index is 0.225. The maximum Gasteiger partial charge on any atom is 0.127 e. The van der Waals surface area contributed by atoms with Gasteiger partial charge in [0.25, 0.3) is 0 Å². The molecule has 2 N–H and O–H groups in total. The second-order valence-corrected chi connectivity index (χ2v) is 3.55. The predicted molar refractivity (Wildman–Crippen MR) is 55.6 cm³/mol. The Morgan fingerprint density at radius 3 is 2.75 bits per heavy atom. The Labute approximate surface area is 83.8 Å². The third-order valence-corrected chi connectivity index (χ3v) is 2.65. The van der Waals surface area contributed by atoms with Crippen LogP contribution in [0.25, 0.3) is 0 Å². The lowest BCUT2D eigenvalue weighted by Gasteiger charge is -2.00. The van der Waals surface area contributed by atoms with E-state index in [1.165, 1.54) is 12.3 Å². The van der Waals surface area contributed by atoms with Crippen molar-refractivity contribution in [2.75, 3.05) is 0 Å². The number of hydrazone groups is 1. The zero-order valence-corrected chi connectivity index (χ0v) is 8.67. The maximum absolute atomic E-state index is 13.1. The van der Waals surface area contributed by atoms with Crippen molar-refractivity contribution in [3.05, 3.63) is 32.6 Å². The molecule has 0 aliphatic rings. The fourth-order valence-corrected chi connectivity index (χ4v) is 1.44. The van der Waals surface area contributed by atoms with Crippen molar-refractivity contribution in [2.24, 2.45) is 10.9 Å². The van der Waals surface area contributed by atoms with Gasteiger partial charge in [0.15, 0.2) is 0 Å². The summed E-state index contributed by atoms with van der Waals surface area (Å²) in [5, 5.41) is 3.32. The Hall–Kier alpha value is -0.650. The van der Waals surface area contributed by atoms with Crippen molar-refractivity contribution >= 4 is 28.8 Å². The van der Waals surface area contributed by atoms with Gasteiger partial charge in [-0.25, -0.2) is 4.39 Å². The Kier molecular flexibility index (Phi) is 3.02. The van der Waals surface area contributed by atoms with E-state index in [0.29, 0.717) is 11.1 Å². The average molecular weight is 278 g/mol. The molecule has 2 nitrogen and oxygen atoms in total. The van der Waals surface area contributed by atoms with Crippen LogP contribution in [0.2, 0.25) is 0 Å². The molecule has 1 aromatic rings. The normalized spacial score (nSPS) is 10.9. The van der Waals surface area contributed by atoms with Crippen LogP contribution in [0.1, 0.15) is 11.1 Å². The molecule has 0 atom stereocenters. The van der Waals surface area contributed by atoms with Crippen molar-refractivity contribution in [3.8, 4) is 0 Å². The molecule has 0 radical (unpaired) electrons. The number of benzene rings is 1. The zero-order valence-electron chi connectivity index (χ0n) is 6.51. The molecular weight excluding hydrogens is 270 g/mol. The fourth-order valence-electron chi connectivity index (χ4n) is 0.826. The minimum atomic E-state index is -0.225. The molecule has 1 aromatic carbocycles. The monoisotopic (exact) mass is 278 g/mol. The van der Waals surface area contributed by atoms with Crippen LogP contribution in [0.15, 0.2) is 17.2 Å². The third kappa shape index (κ3) is 1.94. The molecule has 0 aliphatic heterocycles. The number of hydrogen-bond donors (Lipinski definition) is 1. The van der Waals surface area contributed by atoms with E-state index in [1.807, 2.05) is 6.07 Å². The first-order valence-corrected chi connectivity index (χ1v) is 4.42. The maximum atomic E-state index is 13.1. The van der Waals surface area contributed by atoms with Crippen LogP contribution in [-0.4, -0.2) is 6.21 Å². The summed E-state index contributed by atoms with van der Waals surface area (Å²) in [5.41, 5.74) is 1.34. The summed E-state index contributed by atoms with van der Waals surface area (Å²) in [6.45, 7) is 1.74. The van der Waals surface area contributed by atoms with Crippen LogP contribution in [0.3, 0.4) is 0 Å². The van der Waals surface area contributed by atoms with Gasteiger partial charge in [0.05, 0.1) is 6.21 Å². The molecule has 0 unspecified atom stereocenters. The molecular formula is C8H8FIN2. The standard InChI is InChI=1S/C8H8FIN2/c1-5-7(9)2-6(4-12-11)3-8(5)10/h2-4H,11H2,1H3. The van der Waals surface area contributed by atoms with Crippen molar-refractivity contribution in [3.63, 3.8) is 0 Å². The zero-order chi connectivity index (χ0) is 9.14. The first kappa shape index (κ1) is 9.44. The van der Waals surface area contributed by atoms with E-state index in [2.05, 4.69) is 27.7 Å². The third-order valence-electron chi connectivity index (χ3n) is 1.53. The van der Waals surface area contributed by atoms with Crippen molar-refractivity contribution in [1.29, 1.82) is 0 Å². The molecule has 0 saturated carbocycles. The van der Waals surface area contributed by atoms with E-state index in [0.717, 1.165) is 3.57 Å².